The van der Waals surface area contributed by atoms with Crippen molar-refractivity contribution in [1.82, 2.24) is 4.72 Å². The number of benzene rings is 1. The number of rotatable bonds is 12. The summed E-state index contributed by atoms with van der Waals surface area (Å²) >= 11 is 0. The molecule has 7 nitrogen and oxygen atoms in total. The van der Waals surface area contributed by atoms with E-state index in [1.165, 1.54) is 19.3 Å². The smallest absolute Gasteiger partial charge is 0.305 e. The first-order valence-corrected chi connectivity index (χ1v) is 11.4. The Labute approximate surface area is 175 Å². The topological polar surface area (TPSA) is 95.5 Å². The molecule has 0 bridgehead atoms. The first-order valence-electron chi connectivity index (χ1n) is 9.92. The van der Waals surface area contributed by atoms with Gasteiger partial charge in [-0.25, -0.2) is 0 Å². The first kappa shape index (κ1) is 25.0. The molecule has 0 fully saturated rings. The van der Waals surface area contributed by atoms with E-state index < -0.39 is 22.2 Å². The summed E-state index contributed by atoms with van der Waals surface area (Å²) in [6.07, 6.45) is 5.16. The molecule has 0 saturated carbocycles. The lowest BCUT2D eigenvalue weighted by molar-refractivity contribution is -0.871. The predicted octanol–water partition coefficient (Wildman–Crippen LogP) is 2.80. The fraction of sp³-hybridized carbons (Fsp3) is 0.571. The molecule has 0 aliphatic carbocycles. The average Bonchev–Trinajstić information content (AvgIpc) is 2.55. The molecule has 0 amide bonds. The normalized spacial score (nSPS) is 12.7. The number of carboxylic acids is 1. The van der Waals surface area contributed by atoms with Crippen LogP contribution in [0, 0.1) is 11.8 Å². The number of nitrogens with zero attached hydrogens (tertiary/aromatic N) is 1. The minimum Gasteiger partial charge on any atom is -0.481 e. The molecule has 0 saturated heterocycles. The molecular formula is C21H34N3O4S+. The van der Waals surface area contributed by atoms with Gasteiger partial charge in [-0.15, -0.1) is 0 Å². The lowest BCUT2D eigenvalue weighted by Gasteiger charge is -2.29. The number of hydrogen-bond donors (Lipinski definition) is 3. The zero-order valence-electron chi connectivity index (χ0n) is 17.9. The monoisotopic (exact) mass is 424 g/mol. The van der Waals surface area contributed by atoms with Crippen molar-refractivity contribution in [2.75, 3.05) is 32.4 Å². The molecule has 1 atom stereocenters. The molecule has 162 valence electrons. The molecule has 8 heteroatoms. The molecule has 0 radical (unpaired) electrons. The second-order valence-corrected chi connectivity index (χ2v) is 9.63. The van der Waals surface area contributed by atoms with Gasteiger partial charge in [-0.2, -0.15) is 13.1 Å². The van der Waals surface area contributed by atoms with Crippen molar-refractivity contribution in [2.45, 2.75) is 51.5 Å². The largest absolute Gasteiger partial charge is 0.481 e. The standard InChI is InChI=1S/C21H33N3O4S/c1-5-6-7-8-9-10-12-18-13-11-14-19(15-18)22-29(27,28)23-20(16-21(25)26)17-24(2,3)4/h11,13-15,20,22-23H,5-9,16-17H2,1-4H3/p+1/t20-/m0/s1. The van der Waals surface area contributed by atoms with Crippen LogP contribution in [-0.2, 0) is 15.0 Å². The molecule has 29 heavy (non-hydrogen) atoms. The molecular weight excluding hydrogens is 390 g/mol. The van der Waals surface area contributed by atoms with E-state index in [4.69, 9.17) is 5.11 Å². The lowest BCUT2D eigenvalue weighted by Crippen LogP contribution is -2.50. The molecule has 1 aromatic carbocycles. The lowest BCUT2D eigenvalue weighted by atomic mass is 10.1. The van der Waals surface area contributed by atoms with Crippen molar-refractivity contribution in [3.05, 3.63) is 29.8 Å². The summed E-state index contributed by atoms with van der Waals surface area (Å²) in [5.41, 5.74) is 1.11. The highest BCUT2D eigenvalue weighted by Gasteiger charge is 2.25. The van der Waals surface area contributed by atoms with E-state index >= 15 is 0 Å². The summed E-state index contributed by atoms with van der Waals surface area (Å²) in [6.45, 7) is 2.51. The van der Waals surface area contributed by atoms with Crippen molar-refractivity contribution in [2.24, 2.45) is 0 Å². The summed E-state index contributed by atoms with van der Waals surface area (Å²) in [6, 6.07) is 6.15. The Morgan fingerprint density at radius 3 is 2.55 bits per heavy atom. The number of aliphatic carboxylic acids is 1. The van der Waals surface area contributed by atoms with Gasteiger partial charge >= 0.3 is 5.97 Å². The second-order valence-electron chi connectivity index (χ2n) is 8.18. The van der Waals surface area contributed by atoms with Gasteiger partial charge in [0.05, 0.1) is 45.8 Å². The quantitative estimate of drug-likeness (QED) is 0.273. The summed E-state index contributed by atoms with van der Waals surface area (Å²) < 4.78 is 30.3. The van der Waals surface area contributed by atoms with E-state index in [9.17, 15) is 13.2 Å². The number of quaternary nitrogens is 1. The summed E-state index contributed by atoms with van der Waals surface area (Å²) in [5, 5.41) is 9.08. The summed E-state index contributed by atoms with van der Waals surface area (Å²) in [5.74, 6) is 5.13. The van der Waals surface area contributed by atoms with Crippen LogP contribution in [0.15, 0.2) is 24.3 Å². The highest BCUT2D eigenvalue weighted by atomic mass is 32.2. The van der Waals surface area contributed by atoms with E-state index in [2.05, 4.69) is 28.2 Å². The highest BCUT2D eigenvalue weighted by molar-refractivity contribution is 7.90. The van der Waals surface area contributed by atoms with Crippen molar-refractivity contribution in [1.29, 1.82) is 0 Å². The molecule has 0 aliphatic rings. The van der Waals surface area contributed by atoms with Crippen molar-refractivity contribution in [3.63, 3.8) is 0 Å². The number of carbonyl (C=O) groups is 1. The van der Waals surface area contributed by atoms with Crippen molar-refractivity contribution in [3.8, 4) is 11.8 Å². The maximum Gasteiger partial charge on any atom is 0.305 e. The maximum absolute atomic E-state index is 12.5. The SMILES string of the molecule is CCCCCCC#Cc1cccc(NS(=O)(=O)N[C@@H](CC(=O)O)C[N+](C)(C)C)c1. The molecule has 0 spiro atoms. The predicted molar refractivity (Wildman–Crippen MR) is 117 cm³/mol. The van der Waals surface area contributed by atoms with E-state index in [-0.39, 0.29) is 6.42 Å². The van der Waals surface area contributed by atoms with Gasteiger partial charge in [0.2, 0.25) is 0 Å². The average molecular weight is 425 g/mol. The molecule has 0 aliphatic heterocycles. The van der Waals surface area contributed by atoms with Crippen molar-refractivity contribution < 1.29 is 22.8 Å². The van der Waals surface area contributed by atoms with E-state index in [0.717, 1.165) is 18.4 Å². The van der Waals surface area contributed by atoms with Gasteiger partial charge in [0, 0.05) is 12.0 Å². The van der Waals surface area contributed by atoms with Crippen LogP contribution >= 0.6 is 0 Å². The van der Waals surface area contributed by atoms with Crippen LogP contribution in [0.3, 0.4) is 0 Å². The Morgan fingerprint density at radius 1 is 1.21 bits per heavy atom. The fourth-order valence-electron chi connectivity index (χ4n) is 2.88. The van der Waals surface area contributed by atoms with Gasteiger partial charge in [-0.05, 0) is 24.6 Å². The Kier molecular flexibility index (Phi) is 10.2. The van der Waals surface area contributed by atoms with Gasteiger partial charge in [-0.1, -0.05) is 44.1 Å². The van der Waals surface area contributed by atoms with Gasteiger partial charge < -0.3 is 9.59 Å². The number of likely N-dealkylation sites (N-methyl/N-ethyl adjacent to an activating group) is 1. The minimum absolute atomic E-state index is 0.292. The molecule has 0 unspecified atom stereocenters. The molecule has 1 rings (SSSR count). The van der Waals surface area contributed by atoms with Crippen LogP contribution in [0.4, 0.5) is 5.69 Å². The zero-order valence-corrected chi connectivity index (χ0v) is 18.7. The maximum atomic E-state index is 12.5. The van der Waals surface area contributed by atoms with Gasteiger partial charge in [0.1, 0.15) is 0 Å². The summed E-state index contributed by atoms with van der Waals surface area (Å²) in [7, 11) is 1.70. The van der Waals surface area contributed by atoms with Crippen LogP contribution in [0.5, 0.6) is 0 Å². The van der Waals surface area contributed by atoms with Gasteiger partial charge in [-0.3, -0.25) is 9.52 Å². The minimum atomic E-state index is -3.93. The van der Waals surface area contributed by atoms with Crippen LogP contribution in [0.2, 0.25) is 0 Å². The van der Waals surface area contributed by atoms with E-state index in [0.29, 0.717) is 16.7 Å². The number of anilines is 1. The highest BCUT2D eigenvalue weighted by Crippen LogP contribution is 2.12. The number of hydrogen-bond acceptors (Lipinski definition) is 3. The first-order chi connectivity index (χ1) is 13.5. The Bertz CT molecular complexity index is 820. The number of unbranched alkanes of at least 4 members (excludes halogenated alkanes) is 4. The van der Waals surface area contributed by atoms with Crippen LogP contribution < -0.4 is 9.44 Å². The van der Waals surface area contributed by atoms with Crippen LogP contribution in [0.25, 0.3) is 0 Å². The zero-order chi connectivity index (χ0) is 21.9. The summed E-state index contributed by atoms with van der Waals surface area (Å²) in [4.78, 5) is 11.1. The third-order valence-electron chi connectivity index (χ3n) is 4.01. The Morgan fingerprint density at radius 2 is 1.93 bits per heavy atom. The van der Waals surface area contributed by atoms with Gasteiger partial charge in [0.15, 0.2) is 0 Å². The third kappa shape index (κ3) is 12.2. The van der Waals surface area contributed by atoms with Crippen LogP contribution in [0.1, 0.15) is 51.0 Å². The molecule has 1 aromatic rings. The molecule has 0 aromatic heterocycles. The second kappa shape index (κ2) is 11.8. The van der Waals surface area contributed by atoms with Crippen LogP contribution in [-0.4, -0.2) is 57.7 Å². The molecule has 3 N–H and O–H groups in total. The van der Waals surface area contributed by atoms with Gasteiger partial charge in [0.25, 0.3) is 10.2 Å². The third-order valence-corrected chi connectivity index (χ3v) is 5.16. The fourth-order valence-corrected chi connectivity index (χ4v) is 3.98. The molecule has 0 heterocycles. The Balaban J connectivity index is 2.77. The number of carboxylic acid groups (broad SMARTS) is 1. The van der Waals surface area contributed by atoms with E-state index in [1.807, 2.05) is 27.2 Å². The number of nitrogens with one attached hydrogen (secondary N) is 2. The van der Waals surface area contributed by atoms with Crippen molar-refractivity contribution >= 4 is 21.9 Å². The Hall–Kier alpha value is -2.08. The van der Waals surface area contributed by atoms with E-state index in [1.54, 1.807) is 18.2 Å².